The van der Waals surface area contributed by atoms with Gasteiger partial charge in [-0.1, -0.05) is 48.5 Å². The number of para-hydroxylation sites is 1. The largest absolute Gasteiger partial charge is 0.444 e. The van der Waals surface area contributed by atoms with Gasteiger partial charge in [-0.05, 0) is 55.0 Å². The smallest absolute Gasteiger partial charge is 0.340 e. The summed E-state index contributed by atoms with van der Waals surface area (Å²) in [6.45, 7) is 1.58. The zero-order valence-electron chi connectivity index (χ0n) is 15.7. The van der Waals surface area contributed by atoms with Gasteiger partial charge in [-0.2, -0.15) is 5.26 Å². The molecule has 1 aromatic heterocycles. The van der Waals surface area contributed by atoms with Crippen LogP contribution in [0.15, 0.2) is 54.6 Å². The van der Waals surface area contributed by atoms with Gasteiger partial charge in [-0.3, -0.25) is 0 Å². The van der Waals surface area contributed by atoms with E-state index in [1.54, 1.807) is 6.92 Å². The van der Waals surface area contributed by atoms with E-state index in [-0.39, 0.29) is 0 Å². The molecule has 138 valence electrons. The van der Waals surface area contributed by atoms with E-state index < -0.39 is 12.1 Å². The molecule has 1 heterocycles. The summed E-state index contributed by atoms with van der Waals surface area (Å²) < 4.78 is 5.37. The number of pyridine rings is 1. The number of aromatic nitrogens is 1. The summed E-state index contributed by atoms with van der Waals surface area (Å²) in [6, 6.07) is 19.7. The fourth-order valence-corrected chi connectivity index (χ4v) is 3.70. The van der Waals surface area contributed by atoms with Gasteiger partial charge in [0.15, 0.2) is 6.10 Å². The summed E-state index contributed by atoms with van der Waals surface area (Å²) in [5, 5.41) is 9.82. The molecular weight excluding hydrogens is 348 g/mol. The van der Waals surface area contributed by atoms with E-state index in [4.69, 9.17) is 15.0 Å². The lowest BCUT2D eigenvalue weighted by molar-refractivity contribution is 0.0436. The Kier molecular flexibility index (Phi) is 4.90. The number of carbonyl (C=O) groups is 1. The SMILES string of the molecule is C[C@H](C#N)OC(=O)c1c2c(nc3ccccc13)/C(=C/c1ccccc1)CCC2. The third-order valence-electron chi connectivity index (χ3n) is 4.98. The number of fused-ring (bicyclic) bond motifs is 2. The number of benzene rings is 2. The Morgan fingerprint density at radius 1 is 1.14 bits per heavy atom. The van der Waals surface area contributed by atoms with E-state index >= 15 is 0 Å². The van der Waals surface area contributed by atoms with Crippen molar-refractivity contribution in [2.24, 2.45) is 0 Å². The molecule has 1 aliphatic carbocycles. The molecule has 1 aliphatic rings. The maximum absolute atomic E-state index is 12.9. The second-order valence-electron chi connectivity index (χ2n) is 6.94. The Morgan fingerprint density at radius 3 is 2.68 bits per heavy atom. The molecule has 0 aliphatic heterocycles. The number of rotatable bonds is 3. The third-order valence-corrected chi connectivity index (χ3v) is 4.98. The number of hydrogen-bond acceptors (Lipinski definition) is 4. The summed E-state index contributed by atoms with van der Waals surface area (Å²) in [6.07, 6.45) is 3.98. The Bertz CT molecular complexity index is 1110. The Morgan fingerprint density at radius 2 is 1.89 bits per heavy atom. The highest BCUT2D eigenvalue weighted by Gasteiger charge is 2.26. The fourth-order valence-electron chi connectivity index (χ4n) is 3.70. The number of nitrogens with zero attached hydrogens (tertiary/aromatic N) is 2. The van der Waals surface area contributed by atoms with Crippen LogP contribution in [0, 0.1) is 11.3 Å². The van der Waals surface area contributed by atoms with Gasteiger partial charge >= 0.3 is 5.97 Å². The van der Waals surface area contributed by atoms with E-state index in [1.165, 1.54) is 0 Å². The minimum Gasteiger partial charge on any atom is -0.444 e. The summed E-state index contributed by atoms with van der Waals surface area (Å²) >= 11 is 0. The molecule has 0 saturated heterocycles. The van der Waals surface area contributed by atoms with Crippen molar-refractivity contribution in [2.75, 3.05) is 0 Å². The Labute approximate surface area is 164 Å². The third kappa shape index (κ3) is 3.39. The van der Waals surface area contributed by atoms with Crippen LogP contribution in [0.25, 0.3) is 22.6 Å². The molecule has 0 saturated carbocycles. The molecule has 4 heteroatoms. The second-order valence-corrected chi connectivity index (χ2v) is 6.94. The quantitative estimate of drug-likeness (QED) is 0.598. The summed E-state index contributed by atoms with van der Waals surface area (Å²) in [4.78, 5) is 17.8. The number of ether oxygens (including phenoxy) is 1. The van der Waals surface area contributed by atoms with Crippen molar-refractivity contribution in [2.45, 2.75) is 32.3 Å². The van der Waals surface area contributed by atoms with Crippen molar-refractivity contribution in [3.63, 3.8) is 0 Å². The van der Waals surface area contributed by atoms with Gasteiger partial charge in [0.05, 0.1) is 16.8 Å². The molecule has 0 fully saturated rings. The number of allylic oxidation sites excluding steroid dienone is 1. The predicted molar refractivity (Wildman–Crippen MR) is 109 cm³/mol. The molecule has 2 aromatic carbocycles. The minimum atomic E-state index is -0.794. The second kappa shape index (κ2) is 7.66. The van der Waals surface area contributed by atoms with Crippen LogP contribution in [0.4, 0.5) is 0 Å². The zero-order valence-corrected chi connectivity index (χ0v) is 15.7. The summed E-state index contributed by atoms with van der Waals surface area (Å²) in [5.74, 6) is -0.454. The van der Waals surface area contributed by atoms with E-state index in [0.717, 1.165) is 52.6 Å². The molecule has 0 amide bonds. The molecular formula is C24H20N2O2. The fraction of sp³-hybridized carbons (Fsp3) is 0.208. The predicted octanol–water partition coefficient (Wildman–Crippen LogP) is 5.18. The Hall–Kier alpha value is -3.45. The first-order valence-corrected chi connectivity index (χ1v) is 9.45. The lowest BCUT2D eigenvalue weighted by atomic mass is 9.86. The van der Waals surface area contributed by atoms with Crippen molar-refractivity contribution in [1.82, 2.24) is 4.98 Å². The van der Waals surface area contributed by atoms with E-state index in [0.29, 0.717) is 5.56 Å². The van der Waals surface area contributed by atoms with Crippen molar-refractivity contribution < 1.29 is 9.53 Å². The average molecular weight is 368 g/mol. The summed E-state index contributed by atoms with van der Waals surface area (Å²) in [7, 11) is 0. The molecule has 3 aromatic rings. The van der Waals surface area contributed by atoms with E-state index in [2.05, 4.69) is 18.2 Å². The van der Waals surface area contributed by atoms with Crippen LogP contribution in [-0.4, -0.2) is 17.1 Å². The molecule has 0 unspecified atom stereocenters. The Balaban J connectivity index is 1.91. The topological polar surface area (TPSA) is 63.0 Å². The van der Waals surface area contributed by atoms with Crippen molar-refractivity contribution in [3.8, 4) is 6.07 Å². The molecule has 0 bridgehead atoms. The van der Waals surface area contributed by atoms with Crippen molar-refractivity contribution >= 4 is 28.5 Å². The van der Waals surface area contributed by atoms with Crippen LogP contribution >= 0.6 is 0 Å². The monoisotopic (exact) mass is 368 g/mol. The van der Waals surface area contributed by atoms with Gasteiger partial charge in [0.2, 0.25) is 0 Å². The zero-order chi connectivity index (χ0) is 19.5. The van der Waals surface area contributed by atoms with Gasteiger partial charge < -0.3 is 4.74 Å². The molecule has 4 nitrogen and oxygen atoms in total. The highest BCUT2D eigenvalue weighted by atomic mass is 16.5. The highest BCUT2D eigenvalue weighted by molar-refractivity contribution is 6.06. The van der Waals surface area contributed by atoms with Crippen LogP contribution in [0.2, 0.25) is 0 Å². The normalized spacial score (nSPS) is 15.6. The molecule has 1 atom stereocenters. The van der Waals surface area contributed by atoms with Crippen molar-refractivity contribution in [3.05, 3.63) is 77.0 Å². The van der Waals surface area contributed by atoms with Crippen LogP contribution < -0.4 is 0 Å². The first-order chi connectivity index (χ1) is 13.7. The van der Waals surface area contributed by atoms with Gasteiger partial charge in [-0.15, -0.1) is 0 Å². The van der Waals surface area contributed by atoms with Crippen molar-refractivity contribution in [1.29, 1.82) is 5.26 Å². The van der Waals surface area contributed by atoms with Crippen LogP contribution in [-0.2, 0) is 11.2 Å². The molecule has 0 radical (unpaired) electrons. The molecule has 0 spiro atoms. The van der Waals surface area contributed by atoms with Crippen LogP contribution in [0.3, 0.4) is 0 Å². The maximum Gasteiger partial charge on any atom is 0.340 e. The number of hydrogen-bond donors (Lipinski definition) is 0. The van der Waals surface area contributed by atoms with Crippen LogP contribution in [0.5, 0.6) is 0 Å². The minimum absolute atomic E-state index is 0.454. The lowest BCUT2D eigenvalue weighted by Gasteiger charge is -2.22. The highest BCUT2D eigenvalue weighted by Crippen LogP contribution is 2.36. The lowest BCUT2D eigenvalue weighted by Crippen LogP contribution is -2.18. The van der Waals surface area contributed by atoms with Gasteiger partial charge in [0, 0.05) is 5.39 Å². The van der Waals surface area contributed by atoms with E-state index in [1.807, 2.05) is 48.5 Å². The number of nitriles is 1. The first kappa shape index (κ1) is 17.9. The van der Waals surface area contributed by atoms with Gasteiger partial charge in [-0.25, -0.2) is 9.78 Å². The summed E-state index contributed by atoms with van der Waals surface area (Å²) in [5.41, 5.74) is 5.33. The first-order valence-electron chi connectivity index (χ1n) is 9.45. The van der Waals surface area contributed by atoms with E-state index in [9.17, 15) is 4.79 Å². The maximum atomic E-state index is 12.9. The number of esters is 1. The molecule has 0 N–H and O–H groups in total. The molecule has 28 heavy (non-hydrogen) atoms. The van der Waals surface area contributed by atoms with Crippen LogP contribution in [0.1, 0.15) is 46.9 Å². The average Bonchev–Trinajstić information content (AvgIpc) is 2.73. The number of carbonyl (C=O) groups excluding carboxylic acids is 1. The van der Waals surface area contributed by atoms with Gasteiger partial charge in [0.25, 0.3) is 0 Å². The standard InChI is InChI=1S/C24H20N2O2/c1-16(15-25)28-24(27)22-19-11-5-6-13-21(19)26-23-18(10-7-12-20(22)23)14-17-8-3-2-4-9-17/h2-6,8-9,11,13-14,16H,7,10,12H2,1H3/b18-14+/t16-/m1/s1. The molecule has 4 rings (SSSR count). The van der Waals surface area contributed by atoms with Gasteiger partial charge in [0.1, 0.15) is 6.07 Å².